The number of hydrogen-bond donors (Lipinski definition) is 1. The molecule has 1 aromatic carbocycles. The third-order valence-electron chi connectivity index (χ3n) is 2.65. The maximum absolute atomic E-state index is 5.49. The van der Waals surface area contributed by atoms with Gasteiger partial charge in [0, 0.05) is 0 Å². The summed E-state index contributed by atoms with van der Waals surface area (Å²) in [4.78, 5) is 0. The lowest BCUT2D eigenvalue weighted by Crippen LogP contribution is -2.23. The number of methoxy groups -OCH3 is 1. The smallest absolute Gasteiger partial charge is 0.141 e. The van der Waals surface area contributed by atoms with E-state index in [4.69, 9.17) is 9.47 Å². The Kier molecular flexibility index (Phi) is 3.70. The molecule has 1 aliphatic rings. The summed E-state index contributed by atoms with van der Waals surface area (Å²) in [6.07, 6.45) is 6.27. The number of rotatable bonds is 4. The van der Waals surface area contributed by atoms with Gasteiger partial charge < -0.3 is 14.8 Å². The van der Waals surface area contributed by atoms with Crippen LogP contribution in [-0.2, 0) is 4.74 Å². The first-order chi connectivity index (χ1) is 7.90. The molecule has 3 nitrogen and oxygen atoms in total. The summed E-state index contributed by atoms with van der Waals surface area (Å²) in [7, 11) is 1.68. The van der Waals surface area contributed by atoms with E-state index in [1.807, 2.05) is 24.3 Å². The summed E-state index contributed by atoms with van der Waals surface area (Å²) in [5.74, 6) is 0.869. The molecule has 0 aliphatic carbocycles. The number of nitrogens with one attached hydrogen (secondary N) is 1. The van der Waals surface area contributed by atoms with Gasteiger partial charge in [-0.15, -0.1) is 0 Å². The van der Waals surface area contributed by atoms with Crippen molar-refractivity contribution in [1.29, 1.82) is 0 Å². The molecule has 3 heteroatoms. The van der Waals surface area contributed by atoms with Crippen LogP contribution in [0.1, 0.15) is 12.8 Å². The van der Waals surface area contributed by atoms with Crippen LogP contribution in [0, 0.1) is 0 Å². The van der Waals surface area contributed by atoms with Gasteiger partial charge in [0.25, 0.3) is 0 Å². The fourth-order valence-corrected chi connectivity index (χ4v) is 1.75. The third-order valence-corrected chi connectivity index (χ3v) is 2.65. The zero-order valence-corrected chi connectivity index (χ0v) is 9.48. The van der Waals surface area contributed by atoms with E-state index in [-0.39, 0.29) is 6.10 Å². The molecule has 0 radical (unpaired) electrons. The fourth-order valence-electron chi connectivity index (χ4n) is 1.75. The lowest BCUT2D eigenvalue weighted by Gasteiger charge is -2.20. The van der Waals surface area contributed by atoms with Gasteiger partial charge in [-0.2, -0.15) is 0 Å². The Morgan fingerprint density at radius 2 is 2.31 bits per heavy atom. The standard InChI is InChI=1S/C13H17NO2/c1-15-13-8-3-2-7-12(13)14-10-11-6-4-5-9-16-11/h2-3,5,7-9,11,14H,4,6,10H2,1H3/t11-/m0/s1. The third kappa shape index (κ3) is 2.69. The second kappa shape index (κ2) is 5.45. The van der Waals surface area contributed by atoms with Crippen LogP contribution in [-0.4, -0.2) is 19.8 Å². The topological polar surface area (TPSA) is 30.5 Å². The van der Waals surface area contributed by atoms with E-state index in [2.05, 4.69) is 11.4 Å². The normalized spacial score (nSPS) is 18.9. The molecule has 0 fully saturated rings. The van der Waals surface area contributed by atoms with Gasteiger partial charge in [0.15, 0.2) is 0 Å². The summed E-state index contributed by atoms with van der Waals surface area (Å²) in [5.41, 5.74) is 1.02. The fraction of sp³-hybridized carbons (Fsp3) is 0.385. The second-order valence-corrected chi connectivity index (χ2v) is 3.79. The largest absolute Gasteiger partial charge is 0.497 e. The number of ether oxygens (including phenoxy) is 2. The molecule has 0 bridgehead atoms. The van der Waals surface area contributed by atoms with Crippen molar-refractivity contribution in [3.8, 4) is 5.75 Å². The van der Waals surface area contributed by atoms with Gasteiger partial charge in [0.1, 0.15) is 11.9 Å². The van der Waals surface area contributed by atoms with Gasteiger partial charge in [0.05, 0.1) is 25.6 Å². The van der Waals surface area contributed by atoms with Gasteiger partial charge in [-0.3, -0.25) is 0 Å². The molecule has 1 N–H and O–H groups in total. The zero-order chi connectivity index (χ0) is 11.2. The number of anilines is 1. The van der Waals surface area contributed by atoms with Gasteiger partial charge in [-0.1, -0.05) is 12.1 Å². The van der Waals surface area contributed by atoms with Crippen molar-refractivity contribution < 1.29 is 9.47 Å². The van der Waals surface area contributed by atoms with Crippen molar-refractivity contribution in [3.05, 3.63) is 36.6 Å². The molecule has 0 unspecified atom stereocenters. The summed E-state index contributed by atoms with van der Waals surface area (Å²) in [5, 5.41) is 3.35. The SMILES string of the molecule is COc1ccccc1NC[C@@H]1CCC=CO1. The van der Waals surface area contributed by atoms with Crippen molar-refractivity contribution in [3.63, 3.8) is 0 Å². The van der Waals surface area contributed by atoms with E-state index in [1.54, 1.807) is 13.4 Å². The number of benzene rings is 1. The maximum atomic E-state index is 5.49. The minimum atomic E-state index is 0.259. The molecule has 86 valence electrons. The van der Waals surface area contributed by atoms with E-state index in [0.717, 1.165) is 30.8 Å². The van der Waals surface area contributed by atoms with Gasteiger partial charge in [0.2, 0.25) is 0 Å². The second-order valence-electron chi connectivity index (χ2n) is 3.79. The first kappa shape index (κ1) is 10.9. The van der Waals surface area contributed by atoms with Gasteiger partial charge in [-0.25, -0.2) is 0 Å². The van der Waals surface area contributed by atoms with Crippen LogP contribution in [0.2, 0.25) is 0 Å². The zero-order valence-electron chi connectivity index (χ0n) is 9.48. The van der Waals surface area contributed by atoms with Crippen molar-refractivity contribution in [2.75, 3.05) is 19.0 Å². The van der Waals surface area contributed by atoms with Crippen LogP contribution >= 0.6 is 0 Å². The average Bonchev–Trinajstić information content (AvgIpc) is 2.38. The van der Waals surface area contributed by atoms with E-state index < -0.39 is 0 Å². The Morgan fingerprint density at radius 3 is 3.06 bits per heavy atom. The van der Waals surface area contributed by atoms with Crippen molar-refractivity contribution >= 4 is 5.69 Å². The first-order valence-electron chi connectivity index (χ1n) is 5.57. The Hall–Kier alpha value is -1.64. The molecule has 1 atom stereocenters. The molecule has 2 rings (SSSR count). The number of allylic oxidation sites excluding steroid dienone is 1. The van der Waals surface area contributed by atoms with Crippen molar-refractivity contribution in [1.82, 2.24) is 0 Å². The molecule has 0 saturated heterocycles. The molecular weight excluding hydrogens is 202 g/mol. The summed E-state index contributed by atoms with van der Waals surface area (Å²) in [6, 6.07) is 7.91. The Labute approximate surface area is 96.1 Å². The highest BCUT2D eigenvalue weighted by molar-refractivity contribution is 5.56. The minimum absolute atomic E-state index is 0.259. The first-order valence-corrected chi connectivity index (χ1v) is 5.57. The van der Waals surface area contributed by atoms with Crippen LogP contribution in [0.4, 0.5) is 5.69 Å². The molecule has 0 amide bonds. The van der Waals surface area contributed by atoms with E-state index in [9.17, 15) is 0 Å². The molecule has 0 aromatic heterocycles. The van der Waals surface area contributed by atoms with Crippen molar-refractivity contribution in [2.45, 2.75) is 18.9 Å². The lowest BCUT2D eigenvalue weighted by atomic mass is 10.1. The molecule has 1 aliphatic heterocycles. The molecular formula is C13H17NO2. The Balaban J connectivity index is 1.91. The van der Waals surface area contributed by atoms with Gasteiger partial charge >= 0.3 is 0 Å². The molecule has 1 heterocycles. The maximum Gasteiger partial charge on any atom is 0.141 e. The average molecular weight is 219 g/mol. The monoisotopic (exact) mass is 219 g/mol. The van der Waals surface area contributed by atoms with Crippen LogP contribution in [0.25, 0.3) is 0 Å². The highest BCUT2D eigenvalue weighted by atomic mass is 16.5. The molecule has 0 saturated carbocycles. The highest BCUT2D eigenvalue weighted by Crippen LogP contribution is 2.23. The predicted octanol–water partition coefficient (Wildman–Crippen LogP) is 2.80. The summed E-state index contributed by atoms with van der Waals surface area (Å²) >= 11 is 0. The van der Waals surface area contributed by atoms with Crippen LogP contribution < -0.4 is 10.1 Å². The quantitative estimate of drug-likeness (QED) is 0.844. The van der Waals surface area contributed by atoms with Gasteiger partial charge in [-0.05, 0) is 31.1 Å². The molecule has 0 spiro atoms. The summed E-state index contributed by atoms with van der Waals surface area (Å²) in [6.45, 7) is 0.810. The molecule has 16 heavy (non-hydrogen) atoms. The minimum Gasteiger partial charge on any atom is -0.497 e. The Morgan fingerprint density at radius 1 is 1.44 bits per heavy atom. The summed E-state index contributed by atoms with van der Waals surface area (Å²) < 4.78 is 10.8. The van der Waals surface area contributed by atoms with E-state index >= 15 is 0 Å². The van der Waals surface area contributed by atoms with Crippen LogP contribution in [0.15, 0.2) is 36.6 Å². The number of para-hydroxylation sites is 2. The highest BCUT2D eigenvalue weighted by Gasteiger charge is 2.11. The van der Waals surface area contributed by atoms with Crippen LogP contribution in [0.3, 0.4) is 0 Å². The number of hydrogen-bond acceptors (Lipinski definition) is 3. The Bertz CT molecular complexity index is 363. The van der Waals surface area contributed by atoms with E-state index in [0.29, 0.717) is 0 Å². The lowest BCUT2D eigenvalue weighted by molar-refractivity contribution is 0.135. The van der Waals surface area contributed by atoms with E-state index in [1.165, 1.54) is 0 Å². The predicted molar refractivity (Wildman–Crippen MR) is 64.7 cm³/mol. The van der Waals surface area contributed by atoms with Crippen molar-refractivity contribution in [2.24, 2.45) is 0 Å². The molecule has 1 aromatic rings. The van der Waals surface area contributed by atoms with Crippen LogP contribution in [0.5, 0.6) is 5.75 Å².